The summed E-state index contributed by atoms with van der Waals surface area (Å²) in [6.45, 7) is 9.88. The number of hydrogen-bond donors (Lipinski definition) is 0. The zero-order valence-electron chi connectivity index (χ0n) is 10.5. The Bertz CT molecular complexity index is 243. The second kappa shape index (κ2) is 5.14. The summed E-state index contributed by atoms with van der Waals surface area (Å²) >= 11 is 0. The lowest BCUT2D eigenvalue weighted by Gasteiger charge is -2.34. The van der Waals surface area contributed by atoms with Gasteiger partial charge in [-0.05, 0) is 19.3 Å². The standard InChI is InChI=1S/C11H21NO3/c1-7-15-10(14)9(13)12(6)8(2)11(3,4)5/h8H,7H2,1-6H3. The highest BCUT2D eigenvalue weighted by Crippen LogP contribution is 2.23. The molecular weight excluding hydrogens is 194 g/mol. The van der Waals surface area contributed by atoms with Crippen LogP contribution in [0.5, 0.6) is 0 Å². The lowest BCUT2D eigenvalue weighted by atomic mass is 9.87. The molecule has 4 heteroatoms. The molecule has 0 aliphatic heterocycles. The van der Waals surface area contributed by atoms with Crippen molar-refractivity contribution in [3.05, 3.63) is 0 Å². The molecule has 0 fully saturated rings. The molecule has 0 heterocycles. The number of nitrogens with zero attached hydrogens (tertiary/aromatic N) is 1. The lowest BCUT2D eigenvalue weighted by molar-refractivity contribution is -0.161. The molecule has 4 nitrogen and oxygen atoms in total. The number of rotatable bonds is 2. The Morgan fingerprint density at radius 3 is 2.13 bits per heavy atom. The molecule has 0 aromatic heterocycles. The zero-order chi connectivity index (χ0) is 12.2. The quantitative estimate of drug-likeness (QED) is 0.517. The van der Waals surface area contributed by atoms with Crippen LogP contribution in [0.2, 0.25) is 0 Å². The normalized spacial score (nSPS) is 13.2. The number of hydrogen-bond acceptors (Lipinski definition) is 3. The molecule has 0 aliphatic carbocycles. The number of likely N-dealkylation sites (N-methyl/N-ethyl adjacent to an activating group) is 1. The minimum absolute atomic E-state index is 0.0191. The van der Waals surface area contributed by atoms with E-state index in [-0.39, 0.29) is 18.1 Å². The molecule has 0 radical (unpaired) electrons. The molecule has 1 atom stereocenters. The van der Waals surface area contributed by atoms with E-state index in [0.29, 0.717) is 0 Å². The molecule has 15 heavy (non-hydrogen) atoms. The van der Waals surface area contributed by atoms with Crippen molar-refractivity contribution in [1.82, 2.24) is 4.90 Å². The van der Waals surface area contributed by atoms with Gasteiger partial charge in [0.2, 0.25) is 0 Å². The lowest BCUT2D eigenvalue weighted by Crippen LogP contribution is -2.46. The van der Waals surface area contributed by atoms with Crippen LogP contribution in [0.4, 0.5) is 0 Å². The van der Waals surface area contributed by atoms with Crippen LogP contribution < -0.4 is 0 Å². The predicted molar refractivity (Wildman–Crippen MR) is 58.3 cm³/mol. The third-order valence-electron chi connectivity index (χ3n) is 2.60. The number of esters is 1. The van der Waals surface area contributed by atoms with Crippen molar-refractivity contribution in [3.63, 3.8) is 0 Å². The SMILES string of the molecule is CCOC(=O)C(=O)N(C)C(C)C(C)(C)C. The van der Waals surface area contributed by atoms with E-state index < -0.39 is 11.9 Å². The summed E-state index contributed by atoms with van der Waals surface area (Å²) in [5.74, 6) is -1.37. The molecule has 0 N–H and O–H groups in total. The maximum absolute atomic E-state index is 11.6. The van der Waals surface area contributed by atoms with E-state index in [2.05, 4.69) is 4.74 Å². The smallest absolute Gasteiger partial charge is 0.397 e. The summed E-state index contributed by atoms with van der Waals surface area (Å²) in [6.07, 6.45) is 0. The Hall–Kier alpha value is -1.06. The molecule has 0 bridgehead atoms. The minimum atomic E-state index is -0.781. The first-order valence-corrected chi connectivity index (χ1v) is 5.15. The van der Waals surface area contributed by atoms with Gasteiger partial charge in [-0.3, -0.25) is 4.79 Å². The summed E-state index contributed by atoms with van der Waals surface area (Å²) in [4.78, 5) is 24.2. The fraction of sp³-hybridized carbons (Fsp3) is 0.818. The molecule has 0 rings (SSSR count). The Morgan fingerprint density at radius 1 is 1.33 bits per heavy atom. The van der Waals surface area contributed by atoms with E-state index in [0.717, 1.165) is 0 Å². The average molecular weight is 215 g/mol. The van der Waals surface area contributed by atoms with Gasteiger partial charge in [0.15, 0.2) is 0 Å². The van der Waals surface area contributed by atoms with Crippen LogP contribution in [-0.4, -0.2) is 36.5 Å². The van der Waals surface area contributed by atoms with Gasteiger partial charge in [0, 0.05) is 13.1 Å². The van der Waals surface area contributed by atoms with Crippen molar-refractivity contribution < 1.29 is 14.3 Å². The van der Waals surface area contributed by atoms with E-state index in [1.807, 2.05) is 27.7 Å². The van der Waals surface area contributed by atoms with Crippen molar-refractivity contribution in [2.24, 2.45) is 5.41 Å². The van der Waals surface area contributed by atoms with Gasteiger partial charge in [-0.15, -0.1) is 0 Å². The number of amides is 1. The Labute approximate surface area is 91.6 Å². The highest BCUT2D eigenvalue weighted by atomic mass is 16.5. The molecule has 1 unspecified atom stereocenters. The fourth-order valence-electron chi connectivity index (χ4n) is 1.09. The van der Waals surface area contributed by atoms with Crippen molar-refractivity contribution in [2.45, 2.75) is 40.7 Å². The highest BCUT2D eigenvalue weighted by molar-refractivity contribution is 6.32. The Kier molecular flexibility index (Phi) is 4.78. The first-order valence-electron chi connectivity index (χ1n) is 5.15. The topological polar surface area (TPSA) is 46.6 Å². The zero-order valence-corrected chi connectivity index (χ0v) is 10.5. The molecule has 0 saturated carbocycles. The van der Waals surface area contributed by atoms with Crippen LogP contribution in [0.1, 0.15) is 34.6 Å². The van der Waals surface area contributed by atoms with Crippen LogP contribution in [0.25, 0.3) is 0 Å². The molecule has 1 amide bonds. The molecule has 0 aromatic rings. The van der Waals surface area contributed by atoms with Gasteiger partial charge in [0.1, 0.15) is 0 Å². The number of carbonyl (C=O) groups excluding carboxylic acids is 2. The number of carbonyl (C=O) groups is 2. The van der Waals surface area contributed by atoms with Gasteiger partial charge >= 0.3 is 11.9 Å². The predicted octanol–water partition coefficient (Wildman–Crippen LogP) is 1.44. The van der Waals surface area contributed by atoms with Gasteiger partial charge in [-0.1, -0.05) is 20.8 Å². The summed E-state index contributed by atoms with van der Waals surface area (Å²) < 4.78 is 4.66. The summed E-state index contributed by atoms with van der Waals surface area (Å²) in [7, 11) is 1.62. The van der Waals surface area contributed by atoms with Crippen molar-refractivity contribution >= 4 is 11.9 Å². The van der Waals surface area contributed by atoms with Crippen LogP contribution in [0, 0.1) is 5.41 Å². The third-order valence-corrected chi connectivity index (χ3v) is 2.60. The fourth-order valence-corrected chi connectivity index (χ4v) is 1.09. The van der Waals surface area contributed by atoms with E-state index in [9.17, 15) is 9.59 Å². The highest BCUT2D eigenvalue weighted by Gasteiger charge is 2.30. The van der Waals surface area contributed by atoms with Crippen LogP contribution in [-0.2, 0) is 14.3 Å². The van der Waals surface area contributed by atoms with Crippen LogP contribution in [0.3, 0.4) is 0 Å². The second-order valence-electron chi connectivity index (χ2n) is 4.68. The molecule has 0 saturated heterocycles. The number of ether oxygens (including phenoxy) is 1. The van der Waals surface area contributed by atoms with E-state index in [4.69, 9.17) is 0 Å². The Morgan fingerprint density at radius 2 is 1.80 bits per heavy atom. The second-order valence-corrected chi connectivity index (χ2v) is 4.68. The summed E-state index contributed by atoms with van der Waals surface area (Å²) in [5, 5.41) is 0. The van der Waals surface area contributed by atoms with Gasteiger partial charge in [-0.2, -0.15) is 0 Å². The summed E-state index contributed by atoms with van der Waals surface area (Å²) in [6, 6.07) is -0.0191. The van der Waals surface area contributed by atoms with Crippen molar-refractivity contribution in [1.29, 1.82) is 0 Å². The van der Waals surface area contributed by atoms with E-state index >= 15 is 0 Å². The molecule has 0 spiro atoms. The largest absolute Gasteiger partial charge is 0.459 e. The third kappa shape index (κ3) is 3.90. The Balaban J connectivity index is 4.51. The van der Waals surface area contributed by atoms with Gasteiger partial charge < -0.3 is 9.64 Å². The van der Waals surface area contributed by atoms with Gasteiger partial charge in [0.25, 0.3) is 0 Å². The first kappa shape index (κ1) is 13.9. The molecule has 0 aromatic carbocycles. The van der Waals surface area contributed by atoms with Crippen LogP contribution in [0.15, 0.2) is 0 Å². The molecule has 0 aliphatic rings. The monoisotopic (exact) mass is 215 g/mol. The van der Waals surface area contributed by atoms with Gasteiger partial charge in [0.05, 0.1) is 6.61 Å². The van der Waals surface area contributed by atoms with E-state index in [1.165, 1.54) is 4.90 Å². The summed E-state index contributed by atoms with van der Waals surface area (Å²) in [5.41, 5.74) is -0.0586. The van der Waals surface area contributed by atoms with Crippen molar-refractivity contribution in [3.8, 4) is 0 Å². The first-order chi connectivity index (χ1) is 6.71. The average Bonchev–Trinajstić information content (AvgIpc) is 2.13. The van der Waals surface area contributed by atoms with Crippen molar-refractivity contribution in [2.75, 3.05) is 13.7 Å². The van der Waals surface area contributed by atoms with Crippen LogP contribution >= 0.6 is 0 Å². The molecular formula is C11H21NO3. The maximum Gasteiger partial charge on any atom is 0.397 e. The van der Waals surface area contributed by atoms with E-state index in [1.54, 1.807) is 14.0 Å². The minimum Gasteiger partial charge on any atom is -0.459 e. The van der Waals surface area contributed by atoms with Gasteiger partial charge in [-0.25, -0.2) is 4.79 Å². The molecule has 88 valence electrons. The maximum atomic E-state index is 11.6.